The Bertz CT molecular complexity index is 1420. The van der Waals surface area contributed by atoms with Gasteiger partial charge in [0.2, 0.25) is 5.78 Å². The summed E-state index contributed by atoms with van der Waals surface area (Å²) < 4.78 is 5.17. The summed E-state index contributed by atoms with van der Waals surface area (Å²) in [6, 6.07) is 1.42. The molecule has 1 aromatic carbocycles. The second-order valence-corrected chi connectivity index (χ2v) is 12.2. The number of carbonyl (C=O) groups is 4. The van der Waals surface area contributed by atoms with Gasteiger partial charge in [0, 0.05) is 11.5 Å². The molecular weight excluding hydrogens is 538 g/mol. The number of aliphatic hydroxyl groups excluding tert-OH is 3. The van der Waals surface area contributed by atoms with E-state index in [0.29, 0.717) is 5.56 Å². The van der Waals surface area contributed by atoms with Gasteiger partial charge in [-0.3, -0.25) is 24.6 Å². The van der Waals surface area contributed by atoms with E-state index in [1.807, 2.05) is 20.8 Å². The first-order chi connectivity index (χ1) is 18.9. The summed E-state index contributed by atoms with van der Waals surface area (Å²) in [5.74, 6) is -9.97. The third-order valence-corrected chi connectivity index (χ3v) is 8.00. The largest absolute Gasteiger partial charge is 0.508 e. The molecule has 0 spiro atoms. The highest BCUT2D eigenvalue weighted by Crippen LogP contribution is 2.56. The number of primary amides is 1. The number of phenolic OH excluding ortho intramolecular Hbond substituents is 1. The number of aromatic hydroxyl groups is 1. The van der Waals surface area contributed by atoms with Crippen molar-refractivity contribution in [2.75, 3.05) is 26.0 Å². The van der Waals surface area contributed by atoms with Crippen LogP contribution in [-0.2, 0) is 19.1 Å². The van der Waals surface area contributed by atoms with Crippen LogP contribution in [0.2, 0.25) is 0 Å². The molecule has 1 fully saturated rings. The number of anilines is 1. The Hall–Kier alpha value is -3.94. The van der Waals surface area contributed by atoms with Crippen LogP contribution in [0.4, 0.5) is 10.5 Å². The van der Waals surface area contributed by atoms with Gasteiger partial charge in [-0.1, -0.05) is 33.8 Å². The summed E-state index contributed by atoms with van der Waals surface area (Å²) in [5.41, 5.74) is 0.385. The second-order valence-electron chi connectivity index (χ2n) is 12.2. The molecule has 13 nitrogen and oxygen atoms in total. The highest BCUT2D eigenvalue weighted by atomic mass is 16.5. The van der Waals surface area contributed by atoms with Crippen molar-refractivity contribution in [1.82, 2.24) is 4.90 Å². The van der Waals surface area contributed by atoms with E-state index in [1.165, 1.54) is 31.1 Å². The van der Waals surface area contributed by atoms with Crippen molar-refractivity contribution in [3.05, 3.63) is 40.2 Å². The number of fused-ring (bicyclic) bond motifs is 3. The Morgan fingerprint density at radius 2 is 1.76 bits per heavy atom. The fourth-order valence-corrected chi connectivity index (χ4v) is 6.15. The van der Waals surface area contributed by atoms with Gasteiger partial charge in [-0.15, -0.1) is 0 Å². The lowest BCUT2D eigenvalue weighted by Gasteiger charge is -2.53. The Labute approximate surface area is 235 Å². The van der Waals surface area contributed by atoms with E-state index in [4.69, 9.17) is 10.5 Å². The minimum atomic E-state index is -3.01. The molecule has 0 aromatic heterocycles. The molecule has 3 aliphatic carbocycles. The number of nitrogens with zero attached hydrogens (tertiary/aromatic N) is 1. The summed E-state index contributed by atoms with van der Waals surface area (Å²) in [7, 11) is 2.87. The van der Waals surface area contributed by atoms with E-state index >= 15 is 0 Å². The molecule has 1 aromatic rings. The van der Waals surface area contributed by atoms with Gasteiger partial charge >= 0.3 is 6.09 Å². The van der Waals surface area contributed by atoms with Gasteiger partial charge in [0.1, 0.15) is 22.8 Å². The van der Waals surface area contributed by atoms with Crippen molar-refractivity contribution in [2.45, 2.75) is 51.4 Å². The lowest BCUT2D eigenvalue weighted by atomic mass is 9.54. The predicted molar refractivity (Wildman–Crippen MR) is 145 cm³/mol. The van der Waals surface area contributed by atoms with Crippen molar-refractivity contribution in [2.24, 2.45) is 23.0 Å². The number of Topliss-reactive ketones (excluding diaryl/α,β-unsaturated/α-hetero) is 2. The monoisotopic (exact) mass is 573 g/mol. The number of phenols is 1. The molecule has 1 saturated carbocycles. The molecule has 8 N–H and O–H groups in total. The zero-order valence-corrected chi connectivity index (χ0v) is 23.6. The van der Waals surface area contributed by atoms with E-state index in [2.05, 4.69) is 5.32 Å². The maximum Gasteiger partial charge on any atom is 0.411 e. The topological polar surface area (TPSA) is 220 Å². The van der Waals surface area contributed by atoms with Crippen LogP contribution in [-0.4, -0.2) is 92.4 Å². The highest BCUT2D eigenvalue weighted by molar-refractivity contribution is 6.24. The third-order valence-electron chi connectivity index (χ3n) is 8.00. The molecular formula is C28H35N3O10. The molecule has 6 unspecified atom stereocenters. The molecule has 4 rings (SSSR count). The van der Waals surface area contributed by atoms with Crippen LogP contribution in [0.3, 0.4) is 0 Å². The first-order valence-electron chi connectivity index (χ1n) is 13.0. The van der Waals surface area contributed by atoms with Gasteiger partial charge in [0.25, 0.3) is 5.91 Å². The van der Waals surface area contributed by atoms with Gasteiger partial charge in [0.05, 0.1) is 35.9 Å². The summed E-state index contributed by atoms with van der Waals surface area (Å²) in [5, 5.41) is 59.1. The number of rotatable bonds is 4. The minimum absolute atomic E-state index is 0.0748. The first-order valence-corrected chi connectivity index (χ1v) is 13.0. The van der Waals surface area contributed by atoms with Crippen molar-refractivity contribution in [1.29, 1.82) is 0 Å². The smallest absolute Gasteiger partial charge is 0.411 e. The fraction of sp³-hybridized carbons (Fsp3) is 0.500. The minimum Gasteiger partial charge on any atom is -0.508 e. The number of hydrogen-bond donors (Lipinski definition) is 7. The SMILES string of the molecule is CC1c2ccc(NC(=O)OCC(C)(C)C)c(O)c2C(O)=C2C(=O)C3(O)C(O)=C(C(N)=O)C(=O)C(N(C)C)C3C(O)C21. The van der Waals surface area contributed by atoms with Crippen LogP contribution in [0.25, 0.3) is 5.76 Å². The third kappa shape index (κ3) is 4.44. The van der Waals surface area contributed by atoms with Crippen molar-refractivity contribution >= 4 is 35.0 Å². The fourth-order valence-electron chi connectivity index (χ4n) is 6.15. The number of ketones is 2. The molecule has 0 aliphatic heterocycles. The van der Waals surface area contributed by atoms with Crippen LogP contribution in [0, 0.1) is 17.3 Å². The van der Waals surface area contributed by atoms with Crippen LogP contribution in [0.1, 0.15) is 44.7 Å². The van der Waals surface area contributed by atoms with E-state index in [1.54, 1.807) is 6.92 Å². The summed E-state index contributed by atoms with van der Waals surface area (Å²) in [6.07, 6.45) is -2.57. The summed E-state index contributed by atoms with van der Waals surface area (Å²) in [4.78, 5) is 53.0. The average Bonchev–Trinajstić information content (AvgIpc) is 2.85. The number of amides is 2. The summed E-state index contributed by atoms with van der Waals surface area (Å²) in [6.45, 7) is 7.26. The lowest BCUT2D eigenvalue weighted by Crippen LogP contribution is -2.70. The highest BCUT2D eigenvalue weighted by Gasteiger charge is 2.68. The molecule has 0 heterocycles. The van der Waals surface area contributed by atoms with Gasteiger partial charge in [0.15, 0.2) is 11.4 Å². The normalized spacial score (nSPS) is 29.6. The molecule has 2 amide bonds. The van der Waals surface area contributed by atoms with Crippen LogP contribution < -0.4 is 11.1 Å². The van der Waals surface area contributed by atoms with Gasteiger partial charge in [-0.2, -0.15) is 0 Å². The maximum atomic E-state index is 14.0. The molecule has 222 valence electrons. The Morgan fingerprint density at radius 1 is 1.15 bits per heavy atom. The second kappa shape index (κ2) is 9.86. The van der Waals surface area contributed by atoms with Crippen LogP contribution in [0.5, 0.6) is 5.75 Å². The van der Waals surface area contributed by atoms with Crippen molar-refractivity contribution < 1.29 is 49.4 Å². The van der Waals surface area contributed by atoms with Gasteiger partial charge in [-0.25, -0.2) is 4.79 Å². The van der Waals surface area contributed by atoms with Crippen LogP contribution in [0.15, 0.2) is 29.0 Å². The standard InChI is InChI=1S/C28H35N3O10/c1-10-11-7-8-12(30-26(39)41-9-27(2,3)4)19(32)14(11)20(33)15-13(10)21(34)17-18(31(5)6)22(35)16(25(29)38)24(37)28(17,40)23(15)36/h7-8,10,13,17-18,21,32-34,37,40H,9H2,1-6H3,(H2,29,38)(H,30,39). The van der Waals surface area contributed by atoms with Crippen molar-refractivity contribution in [3.8, 4) is 5.75 Å². The number of hydrogen-bond acceptors (Lipinski definition) is 11. The van der Waals surface area contributed by atoms with E-state index in [0.717, 1.165) is 0 Å². The number of likely N-dealkylation sites (N-methyl/N-ethyl adjacent to an activating group) is 1. The number of nitrogens with two attached hydrogens (primary N) is 1. The lowest BCUT2D eigenvalue weighted by molar-refractivity contribution is -0.169. The Kier molecular flexibility index (Phi) is 7.22. The molecule has 6 atom stereocenters. The van der Waals surface area contributed by atoms with E-state index in [9.17, 15) is 44.7 Å². The number of ether oxygens (including phenoxy) is 1. The van der Waals surface area contributed by atoms with Gasteiger partial charge in [-0.05, 0) is 37.1 Å². The Balaban J connectivity index is 1.88. The summed E-state index contributed by atoms with van der Waals surface area (Å²) >= 11 is 0. The number of nitrogens with one attached hydrogen (secondary N) is 1. The predicted octanol–water partition coefficient (Wildman–Crippen LogP) is 1.09. The molecule has 41 heavy (non-hydrogen) atoms. The number of aliphatic hydroxyl groups is 4. The number of benzene rings is 1. The van der Waals surface area contributed by atoms with Gasteiger partial charge < -0.3 is 36.0 Å². The molecule has 0 bridgehead atoms. The zero-order valence-electron chi connectivity index (χ0n) is 23.6. The van der Waals surface area contributed by atoms with E-state index < -0.39 is 87.5 Å². The average molecular weight is 574 g/mol. The maximum absolute atomic E-state index is 14.0. The quantitative estimate of drug-likeness (QED) is 0.200. The molecule has 13 heteroatoms. The molecule has 0 saturated heterocycles. The van der Waals surface area contributed by atoms with Crippen LogP contribution >= 0.6 is 0 Å². The molecule has 0 radical (unpaired) electrons. The molecule has 3 aliphatic rings. The first kappa shape index (κ1) is 30.0. The van der Waals surface area contributed by atoms with Crippen molar-refractivity contribution in [3.63, 3.8) is 0 Å². The van der Waals surface area contributed by atoms with E-state index in [-0.39, 0.29) is 23.3 Å². The Morgan fingerprint density at radius 3 is 2.29 bits per heavy atom. The zero-order chi connectivity index (χ0) is 30.9. The number of carbonyl (C=O) groups excluding carboxylic acids is 4.